The summed E-state index contributed by atoms with van der Waals surface area (Å²) < 4.78 is 19.6. The maximum Gasteiger partial charge on any atom is 0.227 e. The second kappa shape index (κ2) is 22.2. The van der Waals surface area contributed by atoms with Crippen LogP contribution in [0.2, 0.25) is 0 Å². The predicted molar refractivity (Wildman–Crippen MR) is 232 cm³/mol. The molecular weight excluding hydrogens is 744 g/mol. The Morgan fingerprint density at radius 1 is 1.02 bits per heavy atom. The number of hydrogen-bond donors (Lipinski definition) is 0. The van der Waals surface area contributed by atoms with E-state index in [9.17, 15) is 9.18 Å². The Morgan fingerprint density at radius 2 is 1.71 bits per heavy atom. The lowest BCUT2D eigenvalue weighted by Crippen LogP contribution is -2.54. The van der Waals surface area contributed by atoms with E-state index >= 15 is 0 Å². The topological polar surface area (TPSA) is 51.6 Å². The zero-order valence-corrected chi connectivity index (χ0v) is 34.8. The van der Waals surface area contributed by atoms with Gasteiger partial charge in [-0.05, 0) is 126 Å². The highest BCUT2D eigenvalue weighted by Crippen LogP contribution is 2.45. The van der Waals surface area contributed by atoms with Crippen molar-refractivity contribution in [1.82, 2.24) is 14.7 Å². The molecule has 0 saturated heterocycles. The highest BCUT2D eigenvalue weighted by atomic mass is 35.5. The monoisotopic (exact) mass is 797 g/mol. The van der Waals surface area contributed by atoms with Gasteiger partial charge in [0, 0.05) is 37.4 Å². The van der Waals surface area contributed by atoms with Crippen LogP contribution in [-0.2, 0) is 11.3 Å². The fourth-order valence-corrected chi connectivity index (χ4v) is 6.83. The predicted octanol–water partition coefficient (Wildman–Crippen LogP) is 10.1. The van der Waals surface area contributed by atoms with Crippen molar-refractivity contribution < 1.29 is 13.9 Å². The number of rotatable bonds is 17. The van der Waals surface area contributed by atoms with Crippen LogP contribution in [0.5, 0.6) is 5.75 Å². The molecule has 1 aliphatic carbocycles. The van der Waals surface area contributed by atoms with Gasteiger partial charge >= 0.3 is 0 Å². The maximum absolute atomic E-state index is 14.8. The highest BCUT2D eigenvalue weighted by molar-refractivity contribution is 6.35. The first kappa shape index (κ1) is 44.1. The molecule has 0 aromatic heterocycles. The summed E-state index contributed by atoms with van der Waals surface area (Å²) in [6.45, 7) is 6.90. The number of amidine groups is 1. The molecule has 1 amide bonds. The van der Waals surface area contributed by atoms with Gasteiger partial charge in [0.15, 0.2) is 0 Å². The number of likely N-dealkylation sites (N-methyl/N-ethyl adjacent to an activating group) is 1. The van der Waals surface area contributed by atoms with E-state index in [2.05, 4.69) is 70.7 Å². The summed E-state index contributed by atoms with van der Waals surface area (Å²) in [5.74, 6) is 1.46. The van der Waals surface area contributed by atoms with Gasteiger partial charge in [0.25, 0.3) is 0 Å². The van der Waals surface area contributed by atoms with Crippen LogP contribution in [-0.4, -0.2) is 85.7 Å². The third-order valence-corrected chi connectivity index (χ3v) is 10.4. The number of carbonyl (C=O) groups is 1. The summed E-state index contributed by atoms with van der Waals surface area (Å²) in [5, 5.41) is 0.382. The van der Waals surface area contributed by atoms with E-state index in [1.54, 1.807) is 6.08 Å². The minimum absolute atomic E-state index is 0.0257. The van der Waals surface area contributed by atoms with E-state index < -0.39 is 6.04 Å². The molecule has 0 bridgehead atoms. The van der Waals surface area contributed by atoms with Crippen LogP contribution in [0.15, 0.2) is 112 Å². The second-order valence-electron chi connectivity index (χ2n) is 14.0. The van der Waals surface area contributed by atoms with Crippen molar-refractivity contribution in [3.8, 4) is 18.6 Å². The molecule has 0 N–H and O–H groups in total. The fourth-order valence-electron chi connectivity index (χ4n) is 6.69. The van der Waals surface area contributed by atoms with Crippen molar-refractivity contribution >= 4 is 52.0 Å². The maximum atomic E-state index is 14.8. The van der Waals surface area contributed by atoms with E-state index in [1.807, 2.05) is 69.3 Å². The number of terminal acetylenes is 1. The van der Waals surface area contributed by atoms with Gasteiger partial charge in [-0.25, -0.2) is 9.38 Å². The number of para-hydroxylation sites is 1. The fraction of sp³-hybridized carbons (Fsp3) is 0.370. The molecule has 0 radical (unpaired) electrons. The molecule has 5 rings (SSSR count). The lowest BCUT2D eigenvalue weighted by Gasteiger charge is -2.43. The van der Waals surface area contributed by atoms with Crippen molar-refractivity contribution in [1.29, 1.82) is 0 Å². The molecule has 1 atom stereocenters. The Balaban J connectivity index is 0.00000342. The summed E-state index contributed by atoms with van der Waals surface area (Å²) in [4.78, 5) is 28.9. The number of amides is 1. The molecule has 7 nitrogen and oxygen atoms in total. The number of benzene rings is 3. The summed E-state index contributed by atoms with van der Waals surface area (Å²) in [5.41, 5.74) is 10.3. The van der Waals surface area contributed by atoms with Gasteiger partial charge in [0.1, 0.15) is 17.4 Å². The average Bonchev–Trinajstić information content (AvgIpc) is 3.18. The van der Waals surface area contributed by atoms with Crippen molar-refractivity contribution in [3.05, 3.63) is 124 Å². The van der Waals surface area contributed by atoms with Crippen molar-refractivity contribution in [2.45, 2.75) is 58.5 Å². The highest BCUT2D eigenvalue weighted by Gasteiger charge is 2.38. The van der Waals surface area contributed by atoms with Crippen molar-refractivity contribution in [2.75, 3.05) is 58.2 Å². The minimum Gasteiger partial charge on any atom is -0.494 e. The third-order valence-electron chi connectivity index (χ3n) is 9.74. The number of halogens is 3. The number of allylic oxidation sites excluding steroid dienone is 3. The van der Waals surface area contributed by atoms with E-state index in [-0.39, 0.29) is 24.0 Å². The van der Waals surface area contributed by atoms with Crippen LogP contribution in [0.3, 0.4) is 0 Å². The normalized spacial score (nSPS) is 14.2. The van der Waals surface area contributed by atoms with Crippen molar-refractivity contribution in [3.63, 3.8) is 0 Å². The van der Waals surface area contributed by atoms with E-state index in [0.717, 1.165) is 64.6 Å². The minimum atomic E-state index is -0.409. The van der Waals surface area contributed by atoms with Gasteiger partial charge in [-0.1, -0.05) is 48.0 Å². The summed E-state index contributed by atoms with van der Waals surface area (Å²) in [7, 11) is 6.10. The van der Waals surface area contributed by atoms with Crippen LogP contribution >= 0.6 is 23.2 Å². The molecule has 1 heterocycles. The number of ether oxygens (including phenoxy) is 1. The van der Waals surface area contributed by atoms with E-state index in [1.165, 1.54) is 17.7 Å². The molecule has 1 fully saturated rings. The van der Waals surface area contributed by atoms with Crippen molar-refractivity contribution in [2.24, 2.45) is 4.99 Å². The SMILES string of the molecule is C#C.C/C=C(\C=C=C(Cl)CCl)CC(=O)N(CCN(C)C)C(CCN(C)Cc1ccc(F)cc1)C1=Nc2ccccc2C(=C2CCC2)N1c1ccc(OCC)cc1. The molecule has 10 heteroatoms. The summed E-state index contributed by atoms with van der Waals surface area (Å²) in [6.07, 6.45) is 15.6. The number of aliphatic imine (C=N–C) groups is 1. The van der Waals surface area contributed by atoms with Gasteiger partial charge in [-0.2, -0.15) is 0 Å². The number of carbonyl (C=O) groups excluding carboxylic acids is 1. The first-order valence-corrected chi connectivity index (χ1v) is 20.0. The third kappa shape index (κ3) is 11.9. The van der Waals surface area contributed by atoms with E-state index in [0.29, 0.717) is 44.2 Å². The van der Waals surface area contributed by atoms with Crippen LogP contribution in [0, 0.1) is 18.7 Å². The Labute approximate surface area is 343 Å². The molecule has 2 aliphatic rings. The smallest absolute Gasteiger partial charge is 0.227 e. The number of alkyl halides is 1. The van der Waals surface area contributed by atoms with Crippen LogP contribution in [0.1, 0.15) is 57.1 Å². The Hall–Kier alpha value is -4.61. The van der Waals surface area contributed by atoms with Gasteiger partial charge in [-0.3, -0.25) is 9.69 Å². The van der Waals surface area contributed by atoms with Crippen LogP contribution < -0.4 is 9.64 Å². The zero-order valence-electron chi connectivity index (χ0n) is 33.3. The molecule has 1 saturated carbocycles. The molecule has 3 aromatic carbocycles. The largest absolute Gasteiger partial charge is 0.494 e. The first-order valence-electron chi connectivity index (χ1n) is 19.1. The summed E-state index contributed by atoms with van der Waals surface area (Å²) >= 11 is 12.1. The Kier molecular flexibility index (Phi) is 17.5. The second-order valence-corrected chi connectivity index (χ2v) is 14.7. The number of nitrogens with zero attached hydrogens (tertiary/aromatic N) is 5. The molecule has 56 heavy (non-hydrogen) atoms. The zero-order chi connectivity index (χ0) is 40.6. The van der Waals surface area contributed by atoms with E-state index in [4.69, 9.17) is 32.9 Å². The van der Waals surface area contributed by atoms with Gasteiger partial charge in [-0.15, -0.1) is 30.2 Å². The number of hydrogen-bond acceptors (Lipinski definition) is 6. The van der Waals surface area contributed by atoms with Crippen LogP contribution in [0.25, 0.3) is 5.70 Å². The molecule has 0 spiro atoms. The van der Waals surface area contributed by atoms with Crippen LogP contribution in [0.4, 0.5) is 15.8 Å². The standard InChI is InChI=1S/C44H52Cl2FN5O2.C2H2/c1-6-32(15-18-35(46)30-45)29-42(53)51(28-27-49(3)4)41(25-26-50(5)31-33-16-19-36(47)20-17-33)44-48-40-14-9-8-13-39(40)43(34-11-10-12-34)52(44)37-21-23-38(24-22-37)54-7-2;1-2/h6,8-9,13-17,19-24,41H,7,10-12,25-31H2,1-5H3;1-2H/b32-6+;. The molecule has 1 aliphatic heterocycles. The average molecular weight is 799 g/mol. The van der Waals surface area contributed by atoms with Gasteiger partial charge < -0.3 is 19.4 Å². The number of anilines is 1. The molecular formula is C46H54Cl2FN5O2. The molecule has 296 valence electrons. The quantitative estimate of drug-likeness (QED) is 0.0590. The Bertz CT molecular complexity index is 1940. The lowest BCUT2D eigenvalue weighted by molar-refractivity contribution is -0.131. The summed E-state index contributed by atoms with van der Waals surface area (Å²) in [6, 6.07) is 22.7. The molecule has 1 unspecified atom stereocenters. The Morgan fingerprint density at radius 3 is 2.32 bits per heavy atom. The lowest BCUT2D eigenvalue weighted by atomic mass is 9.86. The van der Waals surface area contributed by atoms with Gasteiger partial charge in [0.05, 0.1) is 41.4 Å². The van der Waals surface area contributed by atoms with Gasteiger partial charge in [0.2, 0.25) is 5.91 Å². The molecule has 3 aromatic rings. The first-order chi connectivity index (χ1) is 27.1. The number of fused-ring (bicyclic) bond motifs is 1.